The summed E-state index contributed by atoms with van der Waals surface area (Å²) in [6.45, 7) is 8.09. The van der Waals surface area contributed by atoms with Gasteiger partial charge in [0.15, 0.2) is 0 Å². The molecule has 1 fully saturated rings. The molecule has 2 heterocycles. The summed E-state index contributed by atoms with van der Waals surface area (Å²) in [6, 6.07) is 9.53. The highest BCUT2D eigenvalue weighted by Gasteiger charge is 2.28. The van der Waals surface area contributed by atoms with Crippen molar-refractivity contribution in [2.45, 2.75) is 26.3 Å². The van der Waals surface area contributed by atoms with Gasteiger partial charge in [0.25, 0.3) is 0 Å². The molecular weight excluding hydrogens is 438 g/mol. The number of aromatic nitrogens is 2. The number of benzene rings is 2. The van der Waals surface area contributed by atoms with Crippen molar-refractivity contribution in [1.29, 1.82) is 0 Å². The van der Waals surface area contributed by atoms with Crippen LogP contribution in [-0.4, -0.2) is 58.0 Å². The van der Waals surface area contributed by atoms with Gasteiger partial charge in [-0.05, 0) is 37.2 Å². The van der Waals surface area contributed by atoms with E-state index in [0.717, 1.165) is 19.6 Å². The van der Waals surface area contributed by atoms with Gasteiger partial charge in [0.2, 0.25) is 5.91 Å². The number of nitrogens with zero attached hydrogens (tertiary/aromatic N) is 4. The Hall–Kier alpha value is -2.15. The Labute approximate surface area is 191 Å². The normalized spacial score (nSPS) is 16.1. The summed E-state index contributed by atoms with van der Waals surface area (Å²) in [5, 5.41) is 0.787. The highest BCUT2D eigenvalue weighted by Crippen LogP contribution is 2.31. The van der Waals surface area contributed by atoms with Crippen molar-refractivity contribution >= 4 is 40.1 Å². The minimum absolute atomic E-state index is 0.0240. The summed E-state index contributed by atoms with van der Waals surface area (Å²) in [5.74, 6) is 0.328. The maximum absolute atomic E-state index is 14.4. The molecule has 0 radical (unpaired) electrons. The van der Waals surface area contributed by atoms with Gasteiger partial charge in [-0.15, -0.1) is 0 Å². The fourth-order valence-electron chi connectivity index (χ4n) is 4.17. The maximum Gasteiger partial charge on any atom is 0.245 e. The number of piperazine rings is 1. The smallest absolute Gasteiger partial charge is 0.245 e. The highest BCUT2D eigenvalue weighted by molar-refractivity contribution is 6.42. The minimum Gasteiger partial charge on any atom is -0.338 e. The Morgan fingerprint density at radius 2 is 1.81 bits per heavy atom. The Morgan fingerprint density at radius 1 is 1.13 bits per heavy atom. The Balaban J connectivity index is 1.73. The summed E-state index contributed by atoms with van der Waals surface area (Å²) >= 11 is 12.5. The molecule has 0 spiro atoms. The number of likely N-dealkylation sites (N-methyl/N-ethyl adjacent to an activating group) is 1. The van der Waals surface area contributed by atoms with Gasteiger partial charge in [0.1, 0.15) is 17.7 Å². The SMILES string of the molecule is CCN1CCN(C(=O)[C@H](C)n2c(Cc3ccccc3F)nc3cc(Cl)c(Cl)cc32)CC1. The number of rotatable bonds is 5. The fraction of sp³-hybridized carbons (Fsp3) is 0.391. The molecule has 0 N–H and O–H groups in total. The average Bonchev–Trinajstić information content (AvgIpc) is 3.11. The van der Waals surface area contributed by atoms with Crippen LogP contribution in [0, 0.1) is 5.82 Å². The standard InChI is InChI=1S/C23H25Cl2FN4O/c1-3-28-8-10-29(11-9-28)23(31)15(2)30-21-14-18(25)17(24)13-20(21)27-22(30)12-16-6-4-5-7-19(16)26/h4-7,13-15H,3,8-12H2,1-2H3/t15-/m0/s1. The second-order valence-electron chi connectivity index (χ2n) is 7.86. The lowest BCUT2D eigenvalue weighted by Gasteiger charge is -2.35. The third-order valence-electron chi connectivity index (χ3n) is 5.99. The zero-order valence-corrected chi connectivity index (χ0v) is 19.1. The molecule has 0 saturated carbocycles. The average molecular weight is 463 g/mol. The molecule has 1 aliphatic rings. The topological polar surface area (TPSA) is 41.4 Å². The van der Waals surface area contributed by atoms with E-state index in [1.165, 1.54) is 6.07 Å². The molecule has 164 valence electrons. The largest absolute Gasteiger partial charge is 0.338 e. The minimum atomic E-state index is -0.503. The van der Waals surface area contributed by atoms with Gasteiger partial charge in [-0.2, -0.15) is 0 Å². The molecule has 1 aromatic heterocycles. The van der Waals surface area contributed by atoms with Crippen molar-refractivity contribution in [1.82, 2.24) is 19.4 Å². The Kier molecular flexibility index (Phi) is 6.51. The number of halogens is 3. The Morgan fingerprint density at radius 3 is 2.48 bits per heavy atom. The third-order valence-corrected chi connectivity index (χ3v) is 6.71. The van der Waals surface area contributed by atoms with Gasteiger partial charge in [-0.25, -0.2) is 9.37 Å². The van der Waals surface area contributed by atoms with Crippen molar-refractivity contribution < 1.29 is 9.18 Å². The molecule has 3 aromatic rings. The van der Waals surface area contributed by atoms with Crippen molar-refractivity contribution in [3.63, 3.8) is 0 Å². The summed E-state index contributed by atoms with van der Waals surface area (Å²) < 4.78 is 16.2. The highest BCUT2D eigenvalue weighted by atomic mass is 35.5. The lowest BCUT2D eigenvalue weighted by molar-refractivity contribution is -0.136. The van der Waals surface area contributed by atoms with E-state index in [1.807, 2.05) is 16.4 Å². The van der Waals surface area contributed by atoms with E-state index < -0.39 is 6.04 Å². The van der Waals surface area contributed by atoms with Crippen LogP contribution in [0.2, 0.25) is 10.0 Å². The second-order valence-corrected chi connectivity index (χ2v) is 8.67. The predicted octanol–water partition coefficient (Wildman–Crippen LogP) is 4.80. The van der Waals surface area contributed by atoms with Crippen LogP contribution in [0.5, 0.6) is 0 Å². The van der Waals surface area contributed by atoms with E-state index in [0.29, 0.717) is 45.6 Å². The molecular formula is C23H25Cl2FN4O. The van der Waals surface area contributed by atoms with E-state index in [9.17, 15) is 9.18 Å². The van der Waals surface area contributed by atoms with E-state index in [1.54, 1.807) is 30.3 Å². The Bertz CT molecular complexity index is 1110. The van der Waals surface area contributed by atoms with Crippen LogP contribution in [0.1, 0.15) is 31.3 Å². The first-order valence-electron chi connectivity index (χ1n) is 10.5. The molecule has 1 saturated heterocycles. The van der Waals surface area contributed by atoms with Crippen molar-refractivity contribution in [2.24, 2.45) is 0 Å². The van der Waals surface area contributed by atoms with Crippen molar-refractivity contribution in [3.8, 4) is 0 Å². The molecule has 5 nitrogen and oxygen atoms in total. The van der Waals surface area contributed by atoms with Crippen LogP contribution in [-0.2, 0) is 11.2 Å². The number of hydrogen-bond acceptors (Lipinski definition) is 3. The van der Waals surface area contributed by atoms with Gasteiger partial charge in [-0.3, -0.25) is 4.79 Å². The molecule has 1 atom stereocenters. The molecule has 0 unspecified atom stereocenters. The second kappa shape index (κ2) is 9.15. The van der Waals surface area contributed by atoms with Crippen LogP contribution in [0.15, 0.2) is 36.4 Å². The van der Waals surface area contributed by atoms with Crippen LogP contribution in [0.3, 0.4) is 0 Å². The first-order valence-corrected chi connectivity index (χ1v) is 11.2. The first-order chi connectivity index (χ1) is 14.9. The lowest BCUT2D eigenvalue weighted by atomic mass is 10.1. The summed E-state index contributed by atoms with van der Waals surface area (Å²) in [4.78, 5) is 22.3. The van der Waals surface area contributed by atoms with E-state index in [4.69, 9.17) is 28.2 Å². The molecule has 1 aliphatic heterocycles. The number of carbonyl (C=O) groups excluding carboxylic acids is 1. The van der Waals surface area contributed by atoms with E-state index >= 15 is 0 Å². The number of amides is 1. The molecule has 0 aliphatic carbocycles. The van der Waals surface area contributed by atoms with Crippen LogP contribution < -0.4 is 0 Å². The van der Waals surface area contributed by atoms with Crippen LogP contribution in [0.4, 0.5) is 4.39 Å². The molecule has 31 heavy (non-hydrogen) atoms. The fourth-order valence-corrected chi connectivity index (χ4v) is 4.48. The summed E-state index contributed by atoms with van der Waals surface area (Å²) in [7, 11) is 0. The molecule has 4 rings (SSSR count). The first kappa shape index (κ1) is 22.1. The number of imidazole rings is 1. The summed E-state index contributed by atoms with van der Waals surface area (Å²) in [5.41, 5.74) is 1.87. The predicted molar refractivity (Wildman–Crippen MR) is 122 cm³/mol. The lowest BCUT2D eigenvalue weighted by Crippen LogP contribution is -2.50. The van der Waals surface area contributed by atoms with Gasteiger partial charge < -0.3 is 14.4 Å². The quantitative estimate of drug-likeness (QED) is 0.546. The molecule has 1 amide bonds. The third kappa shape index (κ3) is 4.43. The van der Waals surface area contributed by atoms with Gasteiger partial charge in [0, 0.05) is 32.6 Å². The van der Waals surface area contributed by atoms with Gasteiger partial charge in [0.05, 0.1) is 21.1 Å². The van der Waals surface area contributed by atoms with Crippen molar-refractivity contribution in [3.05, 3.63) is 63.6 Å². The van der Waals surface area contributed by atoms with Gasteiger partial charge >= 0.3 is 0 Å². The zero-order chi connectivity index (χ0) is 22.1. The van der Waals surface area contributed by atoms with Crippen LogP contribution >= 0.6 is 23.2 Å². The zero-order valence-electron chi connectivity index (χ0n) is 17.6. The van der Waals surface area contributed by atoms with E-state index in [2.05, 4.69) is 11.8 Å². The molecule has 0 bridgehead atoms. The number of fused-ring (bicyclic) bond motifs is 1. The molecule has 2 aromatic carbocycles. The summed E-state index contributed by atoms with van der Waals surface area (Å²) in [6.07, 6.45) is 0.262. The van der Waals surface area contributed by atoms with Crippen molar-refractivity contribution in [2.75, 3.05) is 32.7 Å². The number of hydrogen-bond donors (Lipinski definition) is 0. The van der Waals surface area contributed by atoms with Gasteiger partial charge in [-0.1, -0.05) is 48.3 Å². The van der Waals surface area contributed by atoms with E-state index in [-0.39, 0.29) is 18.1 Å². The molecule has 8 heteroatoms. The number of carbonyl (C=O) groups is 1. The maximum atomic E-state index is 14.4. The monoisotopic (exact) mass is 462 g/mol. The van der Waals surface area contributed by atoms with Crippen LogP contribution in [0.25, 0.3) is 11.0 Å².